The Hall–Kier alpha value is -1.74. The second-order valence-electron chi connectivity index (χ2n) is 5.38. The molecule has 0 unspecified atom stereocenters. The minimum atomic E-state index is -0.769. The molecule has 1 N–H and O–H groups in total. The van der Waals surface area contributed by atoms with Gasteiger partial charge in [0.15, 0.2) is 11.6 Å². The Kier molecular flexibility index (Phi) is 5.07. The van der Waals surface area contributed by atoms with Crippen LogP contribution < -0.4 is 5.32 Å². The van der Waals surface area contributed by atoms with Crippen LogP contribution in [0.15, 0.2) is 30.3 Å². The van der Waals surface area contributed by atoms with Crippen LogP contribution in [0.2, 0.25) is 0 Å². The Morgan fingerprint density at radius 2 is 1.62 bits per heavy atom. The summed E-state index contributed by atoms with van der Waals surface area (Å²) in [5.41, 5.74) is 3.49. The molecule has 0 aliphatic carbocycles. The quantitative estimate of drug-likeness (QED) is 0.783. The third kappa shape index (κ3) is 3.48. The highest BCUT2D eigenvalue weighted by molar-refractivity contribution is 5.68. The highest BCUT2D eigenvalue weighted by atomic mass is 19.2. The number of benzene rings is 2. The van der Waals surface area contributed by atoms with Gasteiger partial charge in [-0.1, -0.05) is 37.3 Å². The van der Waals surface area contributed by atoms with Gasteiger partial charge in [-0.2, -0.15) is 0 Å². The van der Waals surface area contributed by atoms with Gasteiger partial charge in [-0.3, -0.25) is 0 Å². The van der Waals surface area contributed by atoms with Crippen molar-refractivity contribution in [3.8, 4) is 11.1 Å². The molecule has 0 spiro atoms. The van der Waals surface area contributed by atoms with E-state index in [1.165, 1.54) is 0 Å². The van der Waals surface area contributed by atoms with Gasteiger partial charge in [-0.15, -0.1) is 0 Å². The summed E-state index contributed by atoms with van der Waals surface area (Å²) in [6.45, 7) is 7.38. The van der Waals surface area contributed by atoms with Crippen molar-refractivity contribution < 1.29 is 8.78 Å². The molecule has 0 aliphatic rings. The van der Waals surface area contributed by atoms with Gasteiger partial charge in [0.1, 0.15) is 0 Å². The maximum atomic E-state index is 14.1. The van der Waals surface area contributed by atoms with Gasteiger partial charge in [-0.25, -0.2) is 8.78 Å². The van der Waals surface area contributed by atoms with Crippen molar-refractivity contribution in [3.63, 3.8) is 0 Å². The van der Waals surface area contributed by atoms with Crippen molar-refractivity contribution in [2.45, 2.75) is 33.7 Å². The second kappa shape index (κ2) is 6.81. The van der Waals surface area contributed by atoms with Gasteiger partial charge in [0, 0.05) is 12.1 Å². The van der Waals surface area contributed by atoms with Gasteiger partial charge in [0.2, 0.25) is 0 Å². The first-order chi connectivity index (χ1) is 10.0. The van der Waals surface area contributed by atoms with E-state index in [2.05, 4.69) is 12.2 Å². The number of nitrogens with one attached hydrogen (secondary N) is 1. The monoisotopic (exact) mass is 289 g/mol. The van der Waals surface area contributed by atoms with Crippen molar-refractivity contribution in [2.24, 2.45) is 0 Å². The van der Waals surface area contributed by atoms with E-state index < -0.39 is 11.6 Å². The third-order valence-electron chi connectivity index (χ3n) is 3.61. The van der Waals surface area contributed by atoms with E-state index in [1.54, 1.807) is 19.1 Å². The minimum absolute atomic E-state index is 0.323. The number of rotatable bonds is 5. The second-order valence-corrected chi connectivity index (χ2v) is 5.38. The van der Waals surface area contributed by atoms with Gasteiger partial charge in [0.25, 0.3) is 0 Å². The van der Waals surface area contributed by atoms with Crippen molar-refractivity contribution >= 4 is 0 Å². The van der Waals surface area contributed by atoms with Crippen LogP contribution in [0, 0.1) is 25.5 Å². The molecule has 0 amide bonds. The van der Waals surface area contributed by atoms with E-state index >= 15 is 0 Å². The number of hydrogen-bond donors (Lipinski definition) is 1. The predicted molar refractivity (Wildman–Crippen MR) is 83.3 cm³/mol. The average molecular weight is 289 g/mol. The summed E-state index contributed by atoms with van der Waals surface area (Å²) in [5.74, 6) is -1.53. The zero-order valence-corrected chi connectivity index (χ0v) is 12.8. The summed E-state index contributed by atoms with van der Waals surface area (Å²) in [6, 6.07) is 9.11. The molecule has 3 heteroatoms. The van der Waals surface area contributed by atoms with Crippen LogP contribution in [0.5, 0.6) is 0 Å². The first kappa shape index (κ1) is 15.6. The molecule has 0 saturated carbocycles. The summed E-state index contributed by atoms with van der Waals surface area (Å²) >= 11 is 0. The summed E-state index contributed by atoms with van der Waals surface area (Å²) in [7, 11) is 0. The molecule has 0 atom stereocenters. The highest BCUT2D eigenvalue weighted by Crippen LogP contribution is 2.29. The van der Waals surface area contributed by atoms with Crippen molar-refractivity contribution in [1.82, 2.24) is 5.32 Å². The lowest BCUT2D eigenvalue weighted by atomic mass is 9.97. The minimum Gasteiger partial charge on any atom is -0.313 e. The Morgan fingerprint density at radius 1 is 0.905 bits per heavy atom. The molecule has 1 nitrogen and oxygen atoms in total. The van der Waals surface area contributed by atoms with Crippen LogP contribution in [-0.2, 0) is 6.54 Å². The lowest BCUT2D eigenvalue weighted by Crippen LogP contribution is -2.13. The Morgan fingerprint density at radius 3 is 2.29 bits per heavy atom. The van der Waals surface area contributed by atoms with Crippen LogP contribution in [0.1, 0.15) is 30.0 Å². The number of hydrogen-bond acceptors (Lipinski definition) is 1. The van der Waals surface area contributed by atoms with Crippen molar-refractivity contribution in [1.29, 1.82) is 0 Å². The molecule has 0 saturated heterocycles. The molecule has 0 bridgehead atoms. The average Bonchev–Trinajstić information content (AvgIpc) is 2.46. The highest BCUT2D eigenvalue weighted by Gasteiger charge is 2.14. The third-order valence-corrected chi connectivity index (χ3v) is 3.61. The summed E-state index contributed by atoms with van der Waals surface area (Å²) < 4.78 is 27.8. The fraction of sp³-hybridized carbons (Fsp3) is 0.333. The molecule has 2 aromatic rings. The molecule has 0 aliphatic heterocycles. The molecular weight excluding hydrogens is 268 g/mol. The zero-order valence-electron chi connectivity index (χ0n) is 12.8. The Labute approximate surface area is 125 Å². The van der Waals surface area contributed by atoms with Crippen LogP contribution in [0.3, 0.4) is 0 Å². The lowest BCUT2D eigenvalue weighted by Gasteiger charge is -2.11. The Bertz CT molecular complexity index is 635. The Balaban J connectivity index is 2.31. The molecule has 0 heterocycles. The normalized spacial score (nSPS) is 10.9. The molecule has 2 rings (SSSR count). The summed E-state index contributed by atoms with van der Waals surface area (Å²) in [6.07, 6.45) is 1.09. The first-order valence-electron chi connectivity index (χ1n) is 7.29. The molecular formula is C18H21F2N. The van der Waals surface area contributed by atoms with Crippen molar-refractivity contribution in [2.75, 3.05) is 6.54 Å². The number of aryl methyl sites for hydroxylation is 2. The molecule has 21 heavy (non-hydrogen) atoms. The van der Waals surface area contributed by atoms with E-state index in [4.69, 9.17) is 0 Å². The standard InChI is InChI=1S/C18H21F2N/c1-4-9-21-11-14-6-8-15(13(3)10-14)16-7-5-12(2)17(19)18(16)20/h5-8,10,21H,4,9,11H2,1-3H3. The lowest BCUT2D eigenvalue weighted by molar-refractivity contribution is 0.505. The van der Waals surface area contributed by atoms with Gasteiger partial charge < -0.3 is 5.32 Å². The van der Waals surface area contributed by atoms with E-state index in [-0.39, 0.29) is 0 Å². The molecule has 0 radical (unpaired) electrons. The van der Waals surface area contributed by atoms with Gasteiger partial charge in [0.05, 0.1) is 0 Å². The van der Waals surface area contributed by atoms with Crippen LogP contribution in [-0.4, -0.2) is 6.54 Å². The maximum absolute atomic E-state index is 14.1. The molecule has 112 valence electrons. The maximum Gasteiger partial charge on any atom is 0.166 e. The van der Waals surface area contributed by atoms with E-state index in [0.717, 1.165) is 36.2 Å². The first-order valence-corrected chi connectivity index (χ1v) is 7.29. The fourth-order valence-corrected chi connectivity index (χ4v) is 2.40. The zero-order chi connectivity index (χ0) is 15.4. The smallest absolute Gasteiger partial charge is 0.166 e. The molecule has 2 aromatic carbocycles. The van der Waals surface area contributed by atoms with Crippen LogP contribution in [0.25, 0.3) is 11.1 Å². The van der Waals surface area contributed by atoms with Crippen LogP contribution in [0.4, 0.5) is 8.78 Å². The summed E-state index contributed by atoms with van der Waals surface area (Å²) in [5, 5.41) is 3.33. The van der Waals surface area contributed by atoms with Gasteiger partial charge >= 0.3 is 0 Å². The summed E-state index contributed by atoms with van der Waals surface area (Å²) in [4.78, 5) is 0. The SMILES string of the molecule is CCCNCc1ccc(-c2ccc(C)c(F)c2F)c(C)c1. The predicted octanol–water partition coefficient (Wildman–Crippen LogP) is 4.75. The molecule has 0 fully saturated rings. The number of halogens is 2. The fourth-order valence-electron chi connectivity index (χ4n) is 2.40. The van der Waals surface area contributed by atoms with Crippen LogP contribution >= 0.6 is 0 Å². The molecule has 0 aromatic heterocycles. The largest absolute Gasteiger partial charge is 0.313 e. The topological polar surface area (TPSA) is 12.0 Å². The van der Waals surface area contributed by atoms with Gasteiger partial charge in [-0.05, 0) is 49.1 Å². The van der Waals surface area contributed by atoms with E-state index in [1.807, 2.05) is 25.1 Å². The van der Waals surface area contributed by atoms with E-state index in [9.17, 15) is 8.78 Å². The van der Waals surface area contributed by atoms with E-state index in [0.29, 0.717) is 11.1 Å². The van der Waals surface area contributed by atoms with Crippen molar-refractivity contribution in [3.05, 3.63) is 58.7 Å².